The lowest BCUT2D eigenvalue weighted by atomic mass is 10.0. The Hall–Kier alpha value is -2.71. The number of nitrogens with zero attached hydrogens (tertiary/aromatic N) is 3. The standard InChI is InChI=1S/C16H18Cl2N4O4S.C4H3NO2S/c1-7-11(17)12(18)13(20-7)14(23)21-8-3-4-22(6-9(8)26-2)16-19-5-10(27-16)15(24)25;6-4(7)3-1-5-2-8-3/h5,8-9,20H,3-4,6H2,1-2H3,(H,21,23)(H,24,25);1-2H,(H,6,7)/t8-,9+;/m0./s1. The summed E-state index contributed by atoms with van der Waals surface area (Å²) in [5.74, 6) is -2.26. The normalized spacial score (nSPS) is 17.4. The van der Waals surface area contributed by atoms with E-state index in [9.17, 15) is 14.4 Å². The van der Waals surface area contributed by atoms with E-state index in [2.05, 4.69) is 20.3 Å². The molecule has 1 saturated heterocycles. The summed E-state index contributed by atoms with van der Waals surface area (Å²) in [6.45, 7) is 2.82. The fourth-order valence-corrected chi connectivity index (χ4v) is 4.96. The second kappa shape index (κ2) is 11.8. The molecule has 0 unspecified atom stereocenters. The Kier molecular flexibility index (Phi) is 9.08. The molecule has 0 saturated carbocycles. The second-order valence-corrected chi connectivity index (χ2v) is 9.98. The number of carboxylic acids is 2. The van der Waals surface area contributed by atoms with E-state index in [1.165, 1.54) is 17.9 Å². The topological polar surface area (TPSA) is 158 Å². The predicted octanol–water partition coefficient (Wildman–Crippen LogP) is 3.65. The minimum absolute atomic E-state index is 0.183. The molecule has 2 atom stereocenters. The van der Waals surface area contributed by atoms with Crippen LogP contribution in [0.3, 0.4) is 0 Å². The lowest BCUT2D eigenvalue weighted by Crippen LogP contribution is -2.55. The third kappa shape index (κ3) is 6.49. The molecular formula is C20H21Cl2N5O6S2. The van der Waals surface area contributed by atoms with Crippen molar-refractivity contribution in [3.63, 3.8) is 0 Å². The van der Waals surface area contributed by atoms with Crippen LogP contribution < -0.4 is 10.2 Å². The molecule has 0 bridgehead atoms. The van der Waals surface area contributed by atoms with Crippen LogP contribution in [0.25, 0.3) is 0 Å². The number of hydrogen-bond acceptors (Lipinski definition) is 9. The van der Waals surface area contributed by atoms with Crippen LogP contribution in [0.2, 0.25) is 10.0 Å². The van der Waals surface area contributed by atoms with Crippen molar-refractivity contribution in [1.82, 2.24) is 20.3 Å². The quantitative estimate of drug-likeness (QED) is 0.352. The van der Waals surface area contributed by atoms with Gasteiger partial charge in [0.1, 0.15) is 15.4 Å². The van der Waals surface area contributed by atoms with Crippen molar-refractivity contribution in [1.29, 1.82) is 0 Å². The Balaban J connectivity index is 0.000000363. The van der Waals surface area contributed by atoms with Crippen molar-refractivity contribution in [2.24, 2.45) is 0 Å². The van der Waals surface area contributed by atoms with Gasteiger partial charge in [-0.1, -0.05) is 34.5 Å². The molecule has 4 rings (SSSR count). The number of aryl methyl sites for hydroxylation is 1. The number of piperidine rings is 1. The Morgan fingerprint density at radius 2 is 1.91 bits per heavy atom. The van der Waals surface area contributed by atoms with Crippen molar-refractivity contribution in [2.75, 3.05) is 25.1 Å². The number of rotatable bonds is 6. The largest absolute Gasteiger partial charge is 0.477 e. The summed E-state index contributed by atoms with van der Waals surface area (Å²) < 4.78 is 5.54. The van der Waals surface area contributed by atoms with Crippen LogP contribution in [0.1, 0.15) is 41.9 Å². The fourth-order valence-electron chi connectivity index (χ4n) is 3.29. The van der Waals surface area contributed by atoms with Gasteiger partial charge in [-0.2, -0.15) is 0 Å². The molecule has 1 aliphatic heterocycles. The van der Waals surface area contributed by atoms with Crippen molar-refractivity contribution in [3.8, 4) is 0 Å². The maximum absolute atomic E-state index is 12.6. The van der Waals surface area contributed by atoms with E-state index in [0.29, 0.717) is 35.4 Å². The number of aromatic nitrogens is 3. The third-order valence-corrected chi connectivity index (χ3v) is 7.83. The second-order valence-electron chi connectivity index (χ2n) is 7.32. The number of carbonyl (C=O) groups excluding carboxylic acids is 1. The van der Waals surface area contributed by atoms with Gasteiger partial charge in [0.25, 0.3) is 5.91 Å². The van der Waals surface area contributed by atoms with E-state index in [4.69, 9.17) is 38.2 Å². The van der Waals surface area contributed by atoms with Gasteiger partial charge in [0.15, 0.2) is 5.13 Å². The van der Waals surface area contributed by atoms with Crippen molar-refractivity contribution in [2.45, 2.75) is 25.5 Å². The molecule has 11 nitrogen and oxygen atoms in total. The highest BCUT2D eigenvalue weighted by molar-refractivity contribution is 7.17. The van der Waals surface area contributed by atoms with Crippen molar-refractivity contribution >= 4 is 68.9 Å². The number of ether oxygens (including phenoxy) is 1. The number of amides is 1. The van der Waals surface area contributed by atoms with Gasteiger partial charge in [0.05, 0.1) is 40.1 Å². The number of nitrogens with one attached hydrogen (secondary N) is 2. The molecule has 1 fully saturated rings. The molecule has 4 heterocycles. The first-order chi connectivity index (χ1) is 16.6. The molecule has 35 heavy (non-hydrogen) atoms. The highest BCUT2D eigenvalue weighted by atomic mass is 35.5. The molecule has 0 aliphatic carbocycles. The lowest BCUT2D eigenvalue weighted by Gasteiger charge is -2.37. The third-order valence-electron chi connectivity index (χ3n) is 5.08. The predicted molar refractivity (Wildman–Crippen MR) is 133 cm³/mol. The van der Waals surface area contributed by atoms with E-state index < -0.39 is 11.9 Å². The van der Waals surface area contributed by atoms with Crippen LogP contribution >= 0.6 is 45.9 Å². The summed E-state index contributed by atoms with van der Waals surface area (Å²) in [5.41, 5.74) is 2.34. The first kappa shape index (κ1) is 26.9. The number of halogens is 2. The number of H-pyrrole nitrogens is 1. The number of aromatic carboxylic acids is 2. The van der Waals surface area contributed by atoms with Crippen LogP contribution in [0.15, 0.2) is 17.9 Å². The average molecular weight is 562 g/mol. The number of hydrogen-bond donors (Lipinski definition) is 4. The summed E-state index contributed by atoms with van der Waals surface area (Å²) in [6, 6.07) is -0.226. The number of carbonyl (C=O) groups is 3. The molecule has 1 amide bonds. The average Bonchev–Trinajstić information content (AvgIpc) is 3.58. The molecule has 188 valence electrons. The molecule has 15 heteroatoms. The van der Waals surface area contributed by atoms with E-state index in [1.807, 2.05) is 4.90 Å². The first-order valence-electron chi connectivity index (χ1n) is 10.0. The lowest BCUT2D eigenvalue weighted by molar-refractivity contribution is 0.0540. The number of methoxy groups -OCH3 is 1. The number of anilines is 1. The van der Waals surface area contributed by atoms with Crippen molar-refractivity contribution in [3.05, 3.63) is 49.1 Å². The highest BCUT2D eigenvalue weighted by Gasteiger charge is 2.33. The van der Waals surface area contributed by atoms with Gasteiger partial charge in [-0.25, -0.2) is 14.6 Å². The van der Waals surface area contributed by atoms with Gasteiger partial charge in [-0.3, -0.25) is 9.78 Å². The molecule has 0 radical (unpaired) electrons. The maximum atomic E-state index is 12.6. The van der Waals surface area contributed by atoms with Gasteiger partial charge in [0.2, 0.25) is 0 Å². The molecule has 3 aromatic heterocycles. The van der Waals surface area contributed by atoms with Crippen LogP contribution in [0, 0.1) is 6.92 Å². The SMILES string of the molecule is CO[C@@H]1CN(c2ncc(C(=O)O)s2)CC[C@@H]1NC(=O)c1[nH]c(C)c(Cl)c1Cl.O=C(O)c1cncs1. The summed E-state index contributed by atoms with van der Waals surface area (Å²) in [4.78, 5) is 46.7. The van der Waals surface area contributed by atoms with Gasteiger partial charge in [-0.05, 0) is 13.3 Å². The van der Waals surface area contributed by atoms with E-state index in [-0.39, 0.29) is 38.5 Å². The molecule has 1 aliphatic rings. The summed E-state index contributed by atoms with van der Waals surface area (Å²) in [7, 11) is 1.57. The summed E-state index contributed by atoms with van der Waals surface area (Å²) >= 11 is 14.4. The monoisotopic (exact) mass is 561 g/mol. The van der Waals surface area contributed by atoms with Crippen LogP contribution in [-0.4, -0.2) is 75.4 Å². The molecule has 3 aromatic rings. The van der Waals surface area contributed by atoms with Gasteiger partial charge >= 0.3 is 11.9 Å². The smallest absolute Gasteiger partial charge is 0.347 e. The first-order valence-corrected chi connectivity index (χ1v) is 12.5. The Morgan fingerprint density at radius 3 is 2.40 bits per heavy atom. The molecule has 0 spiro atoms. The Labute approximate surface area is 217 Å². The number of thiazole rings is 2. The Bertz CT molecular complexity index is 1200. The summed E-state index contributed by atoms with van der Waals surface area (Å²) in [5, 5.41) is 21.4. The van der Waals surface area contributed by atoms with Crippen molar-refractivity contribution < 1.29 is 29.3 Å². The molecule has 0 aromatic carbocycles. The van der Waals surface area contributed by atoms with E-state index >= 15 is 0 Å². The zero-order valence-corrected chi connectivity index (χ0v) is 21.6. The van der Waals surface area contributed by atoms with E-state index in [0.717, 1.165) is 22.7 Å². The number of carboxylic acid groups (broad SMARTS) is 2. The van der Waals surface area contributed by atoms with Crippen LogP contribution in [0.5, 0.6) is 0 Å². The minimum atomic E-state index is -0.999. The van der Waals surface area contributed by atoms with Gasteiger partial charge in [-0.15, -0.1) is 11.3 Å². The fraction of sp³-hybridized carbons (Fsp3) is 0.350. The zero-order chi connectivity index (χ0) is 25.7. The highest BCUT2D eigenvalue weighted by Crippen LogP contribution is 2.30. The molecular weight excluding hydrogens is 541 g/mol. The van der Waals surface area contributed by atoms with Gasteiger partial charge < -0.3 is 30.2 Å². The van der Waals surface area contributed by atoms with Gasteiger partial charge in [0, 0.05) is 25.9 Å². The molecule has 4 N–H and O–H groups in total. The number of aromatic amines is 1. The van der Waals surface area contributed by atoms with Crippen LogP contribution in [0.4, 0.5) is 5.13 Å². The Morgan fingerprint density at radius 1 is 1.20 bits per heavy atom. The minimum Gasteiger partial charge on any atom is -0.477 e. The zero-order valence-electron chi connectivity index (χ0n) is 18.4. The van der Waals surface area contributed by atoms with E-state index in [1.54, 1.807) is 14.0 Å². The maximum Gasteiger partial charge on any atom is 0.347 e. The summed E-state index contributed by atoms with van der Waals surface area (Å²) in [6.07, 6.45) is 2.99. The van der Waals surface area contributed by atoms with Crippen LogP contribution in [-0.2, 0) is 4.74 Å².